The second kappa shape index (κ2) is 2.86. The first-order valence-electron chi connectivity index (χ1n) is 3.64. The van der Waals surface area contributed by atoms with Crippen molar-refractivity contribution in [2.24, 2.45) is 5.92 Å². The molecule has 0 bridgehead atoms. The molecule has 9 heavy (non-hydrogen) atoms. The summed E-state index contributed by atoms with van der Waals surface area (Å²) in [5.74, 6) is 0.822. The summed E-state index contributed by atoms with van der Waals surface area (Å²) in [4.78, 5) is 0. The predicted octanol–water partition coefficient (Wildman–Crippen LogP) is 2.92. The minimum absolute atomic E-state index is 0.822. The third-order valence-electron chi connectivity index (χ3n) is 2.02. The van der Waals surface area contributed by atoms with E-state index in [2.05, 4.69) is 19.6 Å². The molecule has 0 heterocycles. The van der Waals surface area contributed by atoms with E-state index in [-0.39, 0.29) is 0 Å². The second-order valence-corrected chi connectivity index (χ2v) is 2.75. The molecule has 0 aromatic rings. The van der Waals surface area contributed by atoms with E-state index in [1.165, 1.54) is 12.8 Å². The molecule has 0 N–H and O–H groups in total. The fraction of sp³-hybridized carbons (Fsp3) is 0.556. The minimum atomic E-state index is 0.822. The van der Waals surface area contributed by atoms with Crippen molar-refractivity contribution >= 4 is 0 Å². The first-order chi connectivity index (χ1) is 4.34. The Labute approximate surface area is 57.3 Å². The van der Waals surface area contributed by atoms with Gasteiger partial charge in [-0.1, -0.05) is 24.6 Å². The Bertz CT molecular complexity index is 131. The molecule has 0 radical (unpaired) electrons. The van der Waals surface area contributed by atoms with Crippen molar-refractivity contribution in [3.05, 3.63) is 24.3 Å². The second-order valence-electron chi connectivity index (χ2n) is 2.75. The average Bonchev–Trinajstić information content (AvgIpc) is 2.18. The molecule has 1 aliphatic rings. The number of hydrogen-bond acceptors (Lipinski definition) is 0. The quantitative estimate of drug-likeness (QED) is 0.494. The van der Waals surface area contributed by atoms with Crippen LogP contribution in [0.1, 0.15) is 26.2 Å². The molecule has 0 amide bonds. The summed E-state index contributed by atoms with van der Waals surface area (Å²) in [7, 11) is 0. The lowest BCUT2D eigenvalue weighted by Gasteiger charge is -2.04. The normalized spacial score (nSPS) is 25.9. The molecule has 0 aromatic heterocycles. The number of allylic oxidation sites excluding steroid dienone is 3. The number of hydrogen-bond donors (Lipinski definition) is 0. The van der Waals surface area contributed by atoms with Crippen LogP contribution in [-0.2, 0) is 0 Å². The Balaban J connectivity index is 2.46. The summed E-state index contributed by atoms with van der Waals surface area (Å²) in [6.07, 6.45) is 8.08. The van der Waals surface area contributed by atoms with Gasteiger partial charge in [-0.15, -0.1) is 6.58 Å². The van der Waals surface area contributed by atoms with Gasteiger partial charge in [-0.2, -0.15) is 0 Å². The standard InChI is InChI=1S/C9H14/c1-3-5-9-7-4-6-8(9)2/h3,7-8H,1,4-6H2,2H3/t8-/m1/s1. The third kappa shape index (κ3) is 1.44. The molecule has 1 aliphatic carbocycles. The molecule has 0 spiro atoms. The van der Waals surface area contributed by atoms with Crippen molar-refractivity contribution in [2.45, 2.75) is 26.2 Å². The molecular weight excluding hydrogens is 108 g/mol. The average molecular weight is 122 g/mol. The Kier molecular flexibility index (Phi) is 2.10. The van der Waals surface area contributed by atoms with Crippen LogP contribution in [-0.4, -0.2) is 0 Å². The van der Waals surface area contributed by atoms with Gasteiger partial charge in [-0.25, -0.2) is 0 Å². The highest BCUT2D eigenvalue weighted by molar-refractivity contribution is 5.14. The van der Waals surface area contributed by atoms with E-state index < -0.39 is 0 Å². The Morgan fingerprint density at radius 2 is 2.67 bits per heavy atom. The number of rotatable bonds is 2. The van der Waals surface area contributed by atoms with E-state index in [0.717, 1.165) is 12.3 Å². The van der Waals surface area contributed by atoms with Crippen LogP contribution in [0, 0.1) is 5.92 Å². The zero-order valence-electron chi connectivity index (χ0n) is 6.06. The molecule has 0 aromatic carbocycles. The van der Waals surface area contributed by atoms with Gasteiger partial charge in [0.2, 0.25) is 0 Å². The van der Waals surface area contributed by atoms with Crippen LogP contribution in [0.4, 0.5) is 0 Å². The molecular formula is C9H14. The highest BCUT2D eigenvalue weighted by Crippen LogP contribution is 2.27. The Hall–Kier alpha value is -0.520. The van der Waals surface area contributed by atoms with Crippen molar-refractivity contribution in [3.8, 4) is 0 Å². The summed E-state index contributed by atoms with van der Waals surface area (Å²) in [6, 6.07) is 0. The SMILES string of the molecule is C=CCC1=CCC[C@H]1C. The van der Waals surface area contributed by atoms with Crippen molar-refractivity contribution in [1.82, 2.24) is 0 Å². The topological polar surface area (TPSA) is 0 Å². The van der Waals surface area contributed by atoms with Crippen LogP contribution in [0.15, 0.2) is 24.3 Å². The predicted molar refractivity (Wildman–Crippen MR) is 41.3 cm³/mol. The lowest BCUT2D eigenvalue weighted by Crippen LogP contribution is -1.90. The zero-order chi connectivity index (χ0) is 6.69. The molecule has 50 valence electrons. The summed E-state index contributed by atoms with van der Waals surface area (Å²) in [5, 5.41) is 0. The Morgan fingerprint density at radius 3 is 3.11 bits per heavy atom. The van der Waals surface area contributed by atoms with E-state index in [0.29, 0.717) is 0 Å². The van der Waals surface area contributed by atoms with E-state index in [4.69, 9.17) is 0 Å². The van der Waals surface area contributed by atoms with Crippen LogP contribution in [0.5, 0.6) is 0 Å². The van der Waals surface area contributed by atoms with Crippen LogP contribution in [0.2, 0.25) is 0 Å². The third-order valence-corrected chi connectivity index (χ3v) is 2.02. The van der Waals surface area contributed by atoms with Crippen molar-refractivity contribution in [1.29, 1.82) is 0 Å². The molecule has 0 fully saturated rings. The highest BCUT2D eigenvalue weighted by atomic mass is 14.2. The molecule has 0 aliphatic heterocycles. The van der Waals surface area contributed by atoms with Gasteiger partial charge in [-0.05, 0) is 25.2 Å². The summed E-state index contributed by atoms with van der Waals surface area (Å²) in [5.41, 5.74) is 1.59. The van der Waals surface area contributed by atoms with E-state index >= 15 is 0 Å². The van der Waals surface area contributed by atoms with Gasteiger partial charge in [0.15, 0.2) is 0 Å². The van der Waals surface area contributed by atoms with Crippen molar-refractivity contribution in [3.63, 3.8) is 0 Å². The Morgan fingerprint density at radius 1 is 1.89 bits per heavy atom. The fourth-order valence-electron chi connectivity index (χ4n) is 1.36. The molecule has 0 heteroatoms. The first kappa shape index (κ1) is 6.60. The lowest BCUT2D eigenvalue weighted by atomic mass is 10.0. The van der Waals surface area contributed by atoms with Crippen molar-refractivity contribution < 1.29 is 0 Å². The molecule has 0 saturated carbocycles. The maximum absolute atomic E-state index is 3.72. The van der Waals surface area contributed by atoms with Gasteiger partial charge < -0.3 is 0 Å². The van der Waals surface area contributed by atoms with Crippen LogP contribution in [0.3, 0.4) is 0 Å². The van der Waals surface area contributed by atoms with Gasteiger partial charge in [0.05, 0.1) is 0 Å². The van der Waals surface area contributed by atoms with Gasteiger partial charge in [-0.3, -0.25) is 0 Å². The summed E-state index contributed by atoms with van der Waals surface area (Å²) >= 11 is 0. The molecule has 1 atom stereocenters. The van der Waals surface area contributed by atoms with Gasteiger partial charge >= 0.3 is 0 Å². The molecule has 0 nitrogen and oxygen atoms in total. The van der Waals surface area contributed by atoms with E-state index in [1.807, 2.05) is 6.08 Å². The smallest absolute Gasteiger partial charge is 0.0139 e. The van der Waals surface area contributed by atoms with Crippen LogP contribution < -0.4 is 0 Å². The first-order valence-corrected chi connectivity index (χ1v) is 3.64. The maximum atomic E-state index is 3.72. The van der Waals surface area contributed by atoms with Crippen molar-refractivity contribution in [2.75, 3.05) is 0 Å². The van der Waals surface area contributed by atoms with E-state index in [9.17, 15) is 0 Å². The van der Waals surface area contributed by atoms with Gasteiger partial charge in [0.25, 0.3) is 0 Å². The zero-order valence-corrected chi connectivity index (χ0v) is 6.06. The summed E-state index contributed by atoms with van der Waals surface area (Å²) in [6.45, 7) is 6.01. The highest BCUT2D eigenvalue weighted by Gasteiger charge is 2.11. The van der Waals surface area contributed by atoms with E-state index in [1.54, 1.807) is 5.57 Å². The minimum Gasteiger partial charge on any atom is -0.103 e. The van der Waals surface area contributed by atoms with Crippen LogP contribution >= 0.6 is 0 Å². The van der Waals surface area contributed by atoms with Gasteiger partial charge in [0.1, 0.15) is 0 Å². The largest absolute Gasteiger partial charge is 0.103 e. The monoisotopic (exact) mass is 122 g/mol. The fourth-order valence-corrected chi connectivity index (χ4v) is 1.36. The maximum Gasteiger partial charge on any atom is -0.0139 e. The van der Waals surface area contributed by atoms with Gasteiger partial charge in [0, 0.05) is 0 Å². The molecule has 0 saturated heterocycles. The lowest BCUT2D eigenvalue weighted by molar-refractivity contribution is 0.659. The molecule has 0 unspecified atom stereocenters. The van der Waals surface area contributed by atoms with Crippen LogP contribution in [0.25, 0.3) is 0 Å². The molecule has 1 rings (SSSR count). The summed E-state index contributed by atoms with van der Waals surface area (Å²) < 4.78 is 0.